The highest BCUT2D eigenvalue weighted by Gasteiger charge is 2.22. The van der Waals surface area contributed by atoms with Crippen LogP contribution in [0.15, 0.2) is 12.2 Å². The molecule has 1 unspecified atom stereocenters. The molecular weight excluding hydrogens is 206 g/mol. The van der Waals surface area contributed by atoms with Crippen molar-refractivity contribution in [2.24, 2.45) is 0 Å². The molecule has 1 rings (SSSR count). The van der Waals surface area contributed by atoms with Gasteiger partial charge in [-0.2, -0.15) is 0 Å². The van der Waals surface area contributed by atoms with Crippen LogP contribution >= 0.6 is 0 Å². The van der Waals surface area contributed by atoms with Gasteiger partial charge in [-0.3, -0.25) is 9.59 Å². The number of nitrogens with one attached hydrogen (secondary N) is 2. The first kappa shape index (κ1) is 12.7. The second-order valence-electron chi connectivity index (χ2n) is 3.81. The van der Waals surface area contributed by atoms with Crippen LogP contribution in [0, 0.1) is 0 Å². The smallest absolute Gasteiger partial charge is 0.244 e. The summed E-state index contributed by atoms with van der Waals surface area (Å²) in [7, 11) is 0. The number of carbonyl (C=O) groups is 2. The molecule has 90 valence electrons. The average Bonchev–Trinajstić information content (AvgIpc) is 2.29. The van der Waals surface area contributed by atoms with Crippen molar-refractivity contribution in [3.05, 3.63) is 12.2 Å². The van der Waals surface area contributed by atoms with E-state index in [1.165, 1.54) is 6.08 Å². The topological polar surface area (TPSA) is 61.4 Å². The van der Waals surface area contributed by atoms with E-state index in [0.717, 1.165) is 13.1 Å². The van der Waals surface area contributed by atoms with Gasteiger partial charge in [0.15, 0.2) is 0 Å². The largest absolute Gasteiger partial charge is 0.341 e. The zero-order chi connectivity index (χ0) is 12.0. The highest BCUT2D eigenvalue weighted by atomic mass is 16.2. The van der Waals surface area contributed by atoms with Gasteiger partial charge in [-0.05, 0) is 19.9 Å². The highest BCUT2D eigenvalue weighted by Crippen LogP contribution is 1.97. The maximum atomic E-state index is 11.9. The van der Waals surface area contributed by atoms with Gasteiger partial charge < -0.3 is 15.5 Å². The predicted molar refractivity (Wildman–Crippen MR) is 61.9 cm³/mol. The molecule has 1 heterocycles. The van der Waals surface area contributed by atoms with Crippen LogP contribution in [0.25, 0.3) is 0 Å². The number of allylic oxidation sites excluding steroid dienone is 1. The number of nitrogens with zero attached hydrogens (tertiary/aromatic N) is 1. The van der Waals surface area contributed by atoms with E-state index in [4.69, 9.17) is 0 Å². The molecule has 0 aromatic carbocycles. The van der Waals surface area contributed by atoms with E-state index in [0.29, 0.717) is 13.1 Å². The molecule has 1 saturated heterocycles. The zero-order valence-electron chi connectivity index (χ0n) is 9.82. The Labute approximate surface area is 95.9 Å². The maximum absolute atomic E-state index is 11.9. The summed E-state index contributed by atoms with van der Waals surface area (Å²) >= 11 is 0. The number of hydrogen-bond acceptors (Lipinski definition) is 3. The van der Waals surface area contributed by atoms with Crippen molar-refractivity contribution < 1.29 is 9.59 Å². The van der Waals surface area contributed by atoms with Crippen LogP contribution in [0.5, 0.6) is 0 Å². The first-order chi connectivity index (χ1) is 7.65. The average molecular weight is 225 g/mol. The van der Waals surface area contributed by atoms with Crippen molar-refractivity contribution in [1.82, 2.24) is 15.5 Å². The molecule has 16 heavy (non-hydrogen) atoms. The van der Waals surface area contributed by atoms with Crippen LogP contribution in [-0.2, 0) is 9.59 Å². The number of carbonyl (C=O) groups excluding carboxylic acids is 2. The lowest BCUT2D eigenvalue weighted by atomic mass is 10.2. The second-order valence-corrected chi connectivity index (χ2v) is 3.81. The SMILES string of the molecule is C/C=C/C(=O)NC(C)C(=O)N1CCNCC1. The third-order valence-electron chi connectivity index (χ3n) is 2.48. The molecule has 0 aromatic heterocycles. The minimum absolute atomic E-state index is 0.0145. The number of piperazine rings is 1. The van der Waals surface area contributed by atoms with E-state index in [1.807, 2.05) is 0 Å². The van der Waals surface area contributed by atoms with Gasteiger partial charge in [0.2, 0.25) is 11.8 Å². The fraction of sp³-hybridized carbons (Fsp3) is 0.636. The van der Waals surface area contributed by atoms with Gasteiger partial charge in [-0.15, -0.1) is 0 Å². The Morgan fingerprint density at radius 3 is 2.56 bits per heavy atom. The first-order valence-corrected chi connectivity index (χ1v) is 5.58. The highest BCUT2D eigenvalue weighted by molar-refractivity contribution is 5.92. The van der Waals surface area contributed by atoms with Crippen LogP contribution < -0.4 is 10.6 Å². The van der Waals surface area contributed by atoms with Gasteiger partial charge >= 0.3 is 0 Å². The Morgan fingerprint density at radius 1 is 1.38 bits per heavy atom. The molecule has 1 fully saturated rings. The second kappa shape index (κ2) is 6.27. The molecule has 0 spiro atoms. The quantitative estimate of drug-likeness (QED) is 0.637. The third kappa shape index (κ3) is 3.66. The van der Waals surface area contributed by atoms with E-state index in [2.05, 4.69) is 10.6 Å². The van der Waals surface area contributed by atoms with Crippen molar-refractivity contribution in [1.29, 1.82) is 0 Å². The van der Waals surface area contributed by atoms with Gasteiger partial charge in [0, 0.05) is 26.2 Å². The Bertz CT molecular complexity index is 283. The lowest BCUT2D eigenvalue weighted by molar-refractivity contribution is -0.135. The van der Waals surface area contributed by atoms with Crippen LogP contribution in [0.1, 0.15) is 13.8 Å². The summed E-state index contributed by atoms with van der Waals surface area (Å²) in [5, 5.41) is 5.82. The molecule has 0 radical (unpaired) electrons. The molecule has 5 nitrogen and oxygen atoms in total. The summed E-state index contributed by atoms with van der Waals surface area (Å²) in [6, 6.07) is -0.457. The summed E-state index contributed by atoms with van der Waals surface area (Å²) in [6.07, 6.45) is 3.07. The fourth-order valence-corrected chi connectivity index (χ4v) is 1.63. The number of rotatable bonds is 3. The standard InChI is InChI=1S/C11H19N3O2/c1-3-4-10(15)13-9(2)11(16)14-7-5-12-6-8-14/h3-4,9,12H,5-8H2,1-2H3,(H,13,15)/b4-3+. The van der Waals surface area contributed by atoms with Gasteiger partial charge in [-0.1, -0.05) is 6.08 Å². The lowest BCUT2D eigenvalue weighted by Gasteiger charge is -2.29. The van der Waals surface area contributed by atoms with Crippen molar-refractivity contribution >= 4 is 11.8 Å². The zero-order valence-corrected chi connectivity index (χ0v) is 9.82. The minimum atomic E-state index is -0.457. The van der Waals surface area contributed by atoms with Crippen LogP contribution in [-0.4, -0.2) is 48.9 Å². The minimum Gasteiger partial charge on any atom is -0.341 e. The van der Waals surface area contributed by atoms with Crippen LogP contribution in [0.4, 0.5) is 0 Å². The molecule has 0 aromatic rings. The van der Waals surface area contributed by atoms with Crippen molar-refractivity contribution in [2.75, 3.05) is 26.2 Å². The van der Waals surface area contributed by atoms with Gasteiger partial charge in [0.25, 0.3) is 0 Å². The van der Waals surface area contributed by atoms with Crippen LogP contribution in [0.2, 0.25) is 0 Å². The molecule has 0 aliphatic carbocycles. The maximum Gasteiger partial charge on any atom is 0.244 e. The van der Waals surface area contributed by atoms with E-state index in [-0.39, 0.29) is 11.8 Å². The van der Waals surface area contributed by atoms with E-state index < -0.39 is 6.04 Å². The van der Waals surface area contributed by atoms with E-state index in [9.17, 15) is 9.59 Å². The Hall–Kier alpha value is -1.36. The molecule has 1 atom stereocenters. The fourth-order valence-electron chi connectivity index (χ4n) is 1.63. The van der Waals surface area contributed by atoms with Gasteiger partial charge in [-0.25, -0.2) is 0 Å². The normalized spacial score (nSPS) is 18.5. The van der Waals surface area contributed by atoms with Crippen molar-refractivity contribution in [3.63, 3.8) is 0 Å². The summed E-state index contributed by atoms with van der Waals surface area (Å²) in [5.41, 5.74) is 0. The summed E-state index contributed by atoms with van der Waals surface area (Å²) in [5.74, 6) is -0.238. The molecule has 0 bridgehead atoms. The van der Waals surface area contributed by atoms with Crippen molar-refractivity contribution in [2.45, 2.75) is 19.9 Å². The van der Waals surface area contributed by atoms with E-state index >= 15 is 0 Å². The van der Waals surface area contributed by atoms with E-state index in [1.54, 1.807) is 24.8 Å². The molecule has 2 N–H and O–H groups in total. The predicted octanol–water partition coefficient (Wildman–Crippen LogP) is -0.501. The van der Waals surface area contributed by atoms with Crippen molar-refractivity contribution in [3.8, 4) is 0 Å². The van der Waals surface area contributed by atoms with Crippen LogP contribution in [0.3, 0.4) is 0 Å². The summed E-state index contributed by atoms with van der Waals surface area (Å²) in [6.45, 7) is 6.54. The third-order valence-corrected chi connectivity index (χ3v) is 2.48. The van der Waals surface area contributed by atoms with Gasteiger partial charge in [0.05, 0.1) is 0 Å². The molecule has 2 amide bonds. The molecule has 1 aliphatic heterocycles. The molecular formula is C11H19N3O2. The molecule has 5 heteroatoms. The molecule has 1 aliphatic rings. The Balaban J connectivity index is 2.43. The molecule has 0 saturated carbocycles. The summed E-state index contributed by atoms with van der Waals surface area (Å²) < 4.78 is 0. The summed E-state index contributed by atoms with van der Waals surface area (Å²) in [4.78, 5) is 24.9. The lowest BCUT2D eigenvalue weighted by Crippen LogP contribution is -2.52. The number of hydrogen-bond donors (Lipinski definition) is 2. The number of amides is 2. The monoisotopic (exact) mass is 225 g/mol. The van der Waals surface area contributed by atoms with Gasteiger partial charge in [0.1, 0.15) is 6.04 Å². The first-order valence-electron chi connectivity index (χ1n) is 5.58. The Kier molecular flexibility index (Phi) is 4.98. The Morgan fingerprint density at radius 2 is 2.00 bits per heavy atom.